The summed E-state index contributed by atoms with van der Waals surface area (Å²) in [5.41, 5.74) is 1.98. The summed E-state index contributed by atoms with van der Waals surface area (Å²) in [6.07, 6.45) is -0.218. The minimum atomic E-state index is -0.273. The highest BCUT2D eigenvalue weighted by Gasteiger charge is 2.31. The summed E-state index contributed by atoms with van der Waals surface area (Å²) in [6.45, 7) is 2.54. The van der Waals surface area contributed by atoms with Crippen molar-refractivity contribution in [1.29, 1.82) is 0 Å². The van der Waals surface area contributed by atoms with Gasteiger partial charge in [0.25, 0.3) is 0 Å². The summed E-state index contributed by atoms with van der Waals surface area (Å²) in [5, 5.41) is 0. The zero-order valence-corrected chi connectivity index (χ0v) is 12.4. The first-order valence-electron chi connectivity index (χ1n) is 7.36. The number of carbonyl (C=O) groups excluding carboxylic acids is 1. The van der Waals surface area contributed by atoms with Gasteiger partial charge in [-0.05, 0) is 30.2 Å². The molecule has 0 aromatic heterocycles. The van der Waals surface area contributed by atoms with Gasteiger partial charge in [0, 0.05) is 0 Å². The van der Waals surface area contributed by atoms with Crippen molar-refractivity contribution >= 4 is 5.91 Å². The molecule has 0 aliphatic carbocycles. The lowest BCUT2D eigenvalue weighted by atomic mass is 10.0. The van der Waals surface area contributed by atoms with Gasteiger partial charge >= 0.3 is 0 Å². The van der Waals surface area contributed by atoms with Crippen LogP contribution in [0.15, 0.2) is 54.6 Å². The molecule has 2 atom stereocenters. The largest absolute Gasteiger partial charge is 0.362 e. The summed E-state index contributed by atoms with van der Waals surface area (Å²) in [7, 11) is 0. The van der Waals surface area contributed by atoms with Crippen LogP contribution >= 0.6 is 0 Å². The first-order chi connectivity index (χ1) is 10.6. The number of amides is 1. The lowest BCUT2D eigenvalue weighted by Crippen LogP contribution is -2.44. The molecule has 0 unspecified atom stereocenters. The number of nitrogens with zero attached hydrogens (tertiary/aromatic N) is 1. The van der Waals surface area contributed by atoms with E-state index >= 15 is 0 Å². The zero-order valence-electron chi connectivity index (χ0n) is 12.4. The molecule has 1 aliphatic rings. The molecule has 0 saturated carbocycles. The molecule has 1 saturated heterocycles. The molecule has 1 heterocycles. The van der Waals surface area contributed by atoms with E-state index in [2.05, 4.69) is 0 Å². The number of hydrogen-bond donors (Lipinski definition) is 0. The highest BCUT2D eigenvalue weighted by molar-refractivity contribution is 5.78. The zero-order chi connectivity index (χ0) is 15.5. The van der Waals surface area contributed by atoms with Crippen LogP contribution in [0, 0.1) is 5.82 Å². The van der Waals surface area contributed by atoms with Crippen LogP contribution in [0.1, 0.15) is 30.2 Å². The lowest BCUT2D eigenvalue weighted by Gasteiger charge is -2.37. The lowest BCUT2D eigenvalue weighted by molar-refractivity contribution is -0.152. The number of halogens is 1. The van der Waals surface area contributed by atoms with E-state index in [1.807, 2.05) is 42.2 Å². The third kappa shape index (κ3) is 3.02. The van der Waals surface area contributed by atoms with Crippen molar-refractivity contribution in [1.82, 2.24) is 4.90 Å². The van der Waals surface area contributed by atoms with Crippen molar-refractivity contribution in [3.05, 3.63) is 71.5 Å². The Balaban J connectivity index is 1.79. The Kier molecular flexibility index (Phi) is 4.20. The second-order valence-electron chi connectivity index (χ2n) is 5.48. The first-order valence-corrected chi connectivity index (χ1v) is 7.36. The van der Waals surface area contributed by atoms with Gasteiger partial charge in [0.05, 0.1) is 12.6 Å². The minimum absolute atomic E-state index is 0.0134. The Morgan fingerprint density at radius 2 is 1.82 bits per heavy atom. The van der Waals surface area contributed by atoms with Gasteiger partial charge < -0.3 is 9.64 Å². The molecule has 0 N–H and O–H groups in total. The normalized spacial score (nSPS) is 20.0. The quantitative estimate of drug-likeness (QED) is 0.868. The molecule has 2 aromatic carbocycles. The van der Waals surface area contributed by atoms with Gasteiger partial charge in [0.1, 0.15) is 18.5 Å². The van der Waals surface area contributed by atoms with E-state index in [9.17, 15) is 9.18 Å². The van der Waals surface area contributed by atoms with Gasteiger partial charge in [0.2, 0.25) is 5.91 Å². The Morgan fingerprint density at radius 3 is 2.50 bits per heavy atom. The summed E-state index contributed by atoms with van der Waals surface area (Å²) >= 11 is 0. The Morgan fingerprint density at radius 1 is 1.14 bits per heavy atom. The van der Waals surface area contributed by atoms with Crippen LogP contribution in [-0.4, -0.2) is 24.0 Å². The molecular formula is C18H18FNO2. The maximum atomic E-state index is 13.0. The Bertz CT molecular complexity index is 642. The fourth-order valence-electron chi connectivity index (χ4n) is 2.75. The molecule has 114 valence electrons. The van der Waals surface area contributed by atoms with Crippen LogP contribution in [0.2, 0.25) is 0 Å². The number of hydrogen-bond acceptors (Lipinski definition) is 2. The van der Waals surface area contributed by atoms with Crippen molar-refractivity contribution in [3.63, 3.8) is 0 Å². The number of carbonyl (C=O) groups is 1. The van der Waals surface area contributed by atoms with Crippen molar-refractivity contribution in [3.8, 4) is 0 Å². The van der Waals surface area contributed by atoms with Gasteiger partial charge in [-0.2, -0.15) is 0 Å². The van der Waals surface area contributed by atoms with Gasteiger partial charge in [-0.25, -0.2) is 4.39 Å². The monoisotopic (exact) mass is 299 g/mol. The molecule has 0 radical (unpaired) electrons. The first kappa shape index (κ1) is 14.7. The molecule has 1 aliphatic heterocycles. The fraction of sp³-hybridized carbons (Fsp3) is 0.278. The van der Waals surface area contributed by atoms with E-state index in [0.29, 0.717) is 6.54 Å². The van der Waals surface area contributed by atoms with Crippen molar-refractivity contribution < 1.29 is 13.9 Å². The van der Waals surface area contributed by atoms with Gasteiger partial charge in [-0.1, -0.05) is 42.5 Å². The molecule has 3 nitrogen and oxygen atoms in total. The maximum absolute atomic E-state index is 13.0. The second-order valence-corrected chi connectivity index (χ2v) is 5.48. The number of benzene rings is 2. The number of morpholine rings is 1. The molecule has 2 aromatic rings. The molecule has 4 heteroatoms. The summed E-state index contributed by atoms with van der Waals surface area (Å²) in [6, 6.07) is 16.2. The molecule has 0 bridgehead atoms. The average molecular weight is 299 g/mol. The van der Waals surface area contributed by atoms with Gasteiger partial charge in [-0.3, -0.25) is 4.79 Å². The predicted molar refractivity (Wildman–Crippen MR) is 81.7 cm³/mol. The standard InChI is InChI=1S/C18H18FNO2/c1-13(14-5-3-2-4-6-14)20-11-17(22-12-18(20)21)15-7-9-16(19)10-8-15/h2-10,13,17H,11-12H2,1H3/t13-,17+/m0/s1. The number of rotatable bonds is 3. The van der Waals surface area contributed by atoms with Crippen LogP contribution < -0.4 is 0 Å². The van der Waals surface area contributed by atoms with Crippen LogP contribution in [0.25, 0.3) is 0 Å². The van der Waals surface area contributed by atoms with Crippen molar-refractivity contribution in [2.75, 3.05) is 13.2 Å². The third-order valence-corrected chi connectivity index (χ3v) is 4.08. The van der Waals surface area contributed by atoms with Crippen molar-refractivity contribution in [2.45, 2.75) is 19.1 Å². The molecule has 1 amide bonds. The fourth-order valence-corrected chi connectivity index (χ4v) is 2.75. The number of ether oxygens (including phenoxy) is 1. The van der Waals surface area contributed by atoms with E-state index < -0.39 is 0 Å². The van der Waals surface area contributed by atoms with Crippen molar-refractivity contribution in [2.24, 2.45) is 0 Å². The summed E-state index contributed by atoms with van der Waals surface area (Å²) in [4.78, 5) is 14.0. The van der Waals surface area contributed by atoms with Crippen LogP contribution in [0.4, 0.5) is 4.39 Å². The summed E-state index contributed by atoms with van der Waals surface area (Å²) < 4.78 is 18.7. The molecule has 0 spiro atoms. The van der Waals surface area contributed by atoms with E-state index in [-0.39, 0.29) is 30.5 Å². The topological polar surface area (TPSA) is 29.5 Å². The SMILES string of the molecule is C[C@@H](c1ccccc1)N1C[C@H](c2ccc(F)cc2)OCC1=O. The van der Waals surface area contributed by atoms with Gasteiger partial charge in [-0.15, -0.1) is 0 Å². The predicted octanol–water partition coefficient (Wildman–Crippen LogP) is 3.49. The van der Waals surface area contributed by atoms with E-state index in [1.54, 1.807) is 12.1 Å². The third-order valence-electron chi connectivity index (χ3n) is 4.08. The molecular weight excluding hydrogens is 281 g/mol. The second kappa shape index (κ2) is 6.28. The minimum Gasteiger partial charge on any atom is -0.362 e. The maximum Gasteiger partial charge on any atom is 0.249 e. The van der Waals surface area contributed by atoms with E-state index in [4.69, 9.17) is 4.74 Å². The Labute approximate surface area is 129 Å². The average Bonchev–Trinajstić information content (AvgIpc) is 2.56. The van der Waals surface area contributed by atoms with Crippen LogP contribution in [0.3, 0.4) is 0 Å². The van der Waals surface area contributed by atoms with Crippen LogP contribution in [0.5, 0.6) is 0 Å². The van der Waals surface area contributed by atoms with E-state index in [0.717, 1.165) is 11.1 Å². The van der Waals surface area contributed by atoms with Crippen LogP contribution in [-0.2, 0) is 9.53 Å². The summed E-state index contributed by atoms with van der Waals surface area (Å²) in [5.74, 6) is -0.292. The highest BCUT2D eigenvalue weighted by Crippen LogP contribution is 2.29. The molecule has 1 fully saturated rings. The van der Waals surface area contributed by atoms with E-state index in [1.165, 1.54) is 12.1 Å². The highest BCUT2D eigenvalue weighted by atomic mass is 19.1. The molecule has 3 rings (SSSR count). The smallest absolute Gasteiger partial charge is 0.249 e. The van der Waals surface area contributed by atoms with Gasteiger partial charge in [0.15, 0.2) is 0 Å². The Hall–Kier alpha value is -2.20. The molecule has 22 heavy (non-hydrogen) atoms.